The Morgan fingerprint density at radius 1 is 1.20 bits per heavy atom. The summed E-state index contributed by atoms with van der Waals surface area (Å²) in [4.78, 5) is 24.1. The van der Waals surface area contributed by atoms with Gasteiger partial charge in [-0.2, -0.15) is 13.2 Å². The molecule has 8 heteroatoms. The maximum Gasteiger partial charge on any atom is 0.416 e. The molecule has 0 spiro atoms. The van der Waals surface area contributed by atoms with Crippen LogP contribution in [0.15, 0.2) is 24.3 Å². The zero-order chi connectivity index (χ0) is 18.4. The summed E-state index contributed by atoms with van der Waals surface area (Å²) in [7, 11) is 0. The van der Waals surface area contributed by atoms with E-state index in [-0.39, 0.29) is 37.5 Å². The number of hydrogen-bond acceptors (Lipinski definition) is 3. The second kappa shape index (κ2) is 8.33. The largest absolute Gasteiger partial charge is 0.481 e. The molecule has 1 atom stereocenters. The van der Waals surface area contributed by atoms with Crippen molar-refractivity contribution in [2.45, 2.75) is 38.0 Å². The van der Waals surface area contributed by atoms with Crippen molar-refractivity contribution in [3.63, 3.8) is 0 Å². The molecule has 2 rings (SSSR count). The second-order valence-electron chi connectivity index (χ2n) is 5.89. The number of carboxylic acids is 1. The number of hydrogen-bond donors (Lipinski definition) is 1. The Morgan fingerprint density at radius 3 is 2.56 bits per heavy atom. The molecule has 1 amide bonds. The molecule has 1 aliphatic rings. The molecule has 0 aromatic heterocycles. The normalized spacial score (nSPS) is 18.2. The maximum absolute atomic E-state index is 13.1. The highest BCUT2D eigenvalue weighted by molar-refractivity contribution is 5.76. The fourth-order valence-corrected chi connectivity index (χ4v) is 2.81. The molecule has 1 aromatic rings. The van der Waals surface area contributed by atoms with Crippen molar-refractivity contribution in [3.05, 3.63) is 35.4 Å². The van der Waals surface area contributed by atoms with E-state index < -0.39 is 23.8 Å². The smallest absolute Gasteiger partial charge is 0.416 e. The van der Waals surface area contributed by atoms with Crippen LogP contribution < -0.4 is 0 Å². The number of alkyl halides is 3. The number of nitrogens with zero attached hydrogens (tertiary/aromatic N) is 1. The molecule has 1 unspecified atom stereocenters. The Labute approximate surface area is 143 Å². The summed E-state index contributed by atoms with van der Waals surface area (Å²) in [6.45, 7) is 0.547. The van der Waals surface area contributed by atoms with E-state index in [1.807, 2.05) is 0 Å². The summed E-state index contributed by atoms with van der Waals surface area (Å²) < 4.78 is 44.9. The Kier molecular flexibility index (Phi) is 6.41. The van der Waals surface area contributed by atoms with E-state index in [1.165, 1.54) is 23.1 Å². The van der Waals surface area contributed by atoms with Crippen LogP contribution in [-0.4, -0.2) is 41.6 Å². The minimum absolute atomic E-state index is 0.00201. The quantitative estimate of drug-likeness (QED) is 0.792. The monoisotopic (exact) mass is 359 g/mol. The lowest BCUT2D eigenvalue weighted by Crippen LogP contribution is -2.42. The zero-order valence-electron chi connectivity index (χ0n) is 13.6. The van der Waals surface area contributed by atoms with E-state index >= 15 is 0 Å². The van der Waals surface area contributed by atoms with Crippen molar-refractivity contribution >= 4 is 11.9 Å². The molecule has 5 nitrogen and oxygen atoms in total. The summed E-state index contributed by atoms with van der Waals surface area (Å²) in [5, 5.41) is 8.58. The topological polar surface area (TPSA) is 66.8 Å². The fraction of sp³-hybridized carbons (Fsp3) is 0.529. The Bertz CT molecular complexity index is 618. The van der Waals surface area contributed by atoms with Crippen molar-refractivity contribution in [1.82, 2.24) is 4.90 Å². The summed E-state index contributed by atoms with van der Waals surface area (Å²) in [6.07, 6.45) is -4.30. The van der Waals surface area contributed by atoms with Gasteiger partial charge in [-0.1, -0.05) is 18.2 Å². The summed E-state index contributed by atoms with van der Waals surface area (Å²) >= 11 is 0. The van der Waals surface area contributed by atoms with Gasteiger partial charge in [0.05, 0.1) is 18.7 Å². The van der Waals surface area contributed by atoms with Crippen LogP contribution >= 0.6 is 0 Å². The lowest BCUT2D eigenvalue weighted by Gasteiger charge is -2.34. The Morgan fingerprint density at radius 2 is 1.88 bits per heavy atom. The number of carbonyl (C=O) groups excluding carboxylic acids is 1. The molecule has 1 aromatic carbocycles. The van der Waals surface area contributed by atoms with Gasteiger partial charge in [0.25, 0.3) is 0 Å². The van der Waals surface area contributed by atoms with Crippen LogP contribution in [0, 0.1) is 0 Å². The number of morpholine rings is 1. The van der Waals surface area contributed by atoms with E-state index in [1.54, 1.807) is 0 Å². The highest BCUT2D eigenvalue weighted by Gasteiger charge is 2.36. The van der Waals surface area contributed by atoms with Gasteiger partial charge in [-0.3, -0.25) is 9.59 Å². The van der Waals surface area contributed by atoms with Crippen molar-refractivity contribution < 1.29 is 32.6 Å². The predicted octanol–water partition coefficient (Wildman–Crippen LogP) is 3.25. The summed E-state index contributed by atoms with van der Waals surface area (Å²) in [5.41, 5.74) is -0.728. The van der Waals surface area contributed by atoms with Crippen molar-refractivity contribution in [2.75, 3.05) is 19.7 Å². The molecule has 1 aliphatic heterocycles. The standard InChI is InChI=1S/C17H20F3NO4/c18-17(19,20)13-6-2-1-5-12(13)14-11-21(9-10-25-14)15(22)7-3-4-8-16(23)24/h1-2,5-6,14H,3-4,7-11H2,(H,23,24). The average Bonchev–Trinajstić information content (AvgIpc) is 2.58. The minimum Gasteiger partial charge on any atom is -0.481 e. The van der Waals surface area contributed by atoms with Gasteiger partial charge in [-0.25, -0.2) is 0 Å². The SMILES string of the molecule is O=C(O)CCCCC(=O)N1CCOC(c2ccccc2C(F)(F)F)C1. The highest BCUT2D eigenvalue weighted by atomic mass is 19.4. The lowest BCUT2D eigenvalue weighted by atomic mass is 10.0. The zero-order valence-corrected chi connectivity index (χ0v) is 13.6. The van der Waals surface area contributed by atoms with Gasteiger partial charge >= 0.3 is 12.1 Å². The van der Waals surface area contributed by atoms with E-state index in [0.717, 1.165) is 6.07 Å². The van der Waals surface area contributed by atoms with E-state index in [2.05, 4.69) is 0 Å². The third-order valence-corrected chi connectivity index (χ3v) is 4.06. The number of carboxylic acid groups (broad SMARTS) is 1. The molecule has 138 valence electrons. The number of aliphatic carboxylic acids is 1. The Balaban J connectivity index is 1.99. The molecular formula is C17H20F3NO4. The highest BCUT2D eigenvalue weighted by Crippen LogP contribution is 2.36. The molecule has 0 aliphatic carbocycles. The minimum atomic E-state index is -4.48. The fourth-order valence-electron chi connectivity index (χ4n) is 2.81. The first-order valence-electron chi connectivity index (χ1n) is 8.06. The molecule has 1 fully saturated rings. The average molecular weight is 359 g/mol. The molecule has 25 heavy (non-hydrogen) atoms. The van der Waals surface area contributed by atoms with Crippen LogP contribution in [0.3, 0.4) is 0 Å². The first-order valence-corrected chi connectivity index (χ1v) is 8.06. The van der Waals surface area contributed by atoms with Gasteiger partial charge < -0.3 is 14.7 Å². The molecule has 1 saturated heterocycles. The van der Waals surface area contributed by atoms with Gasteiger partial charge in [0.2, 0.25) is 5.91 Å². The number of rotatable bonds is 6. The number of carbonyl (C=O) groups is 2. The first-order chi connectivity index (χ1) is 11.8. The number of ether oxygens (including phenoxy) is 1. The predicted molar refractivity (Wildman–Crippen MR) is 82.8 cm³/mol. The van der Waals surface area contributed by atoms with Crippen LogP contribution in [0.2, 0.25) is 0 Å². The van der Waals surface area contributed by atoms with Gasteiger partial charge in [0, 0.05) is 19.4 Å². The van der Waals surface area contributed by atoms with Crippen molar-refractivity contribution in [1.29, 1.82) is 0 Å². The van der Waals surface area contributed by atoms with Crippen molar-refractivity contribution in [3.8, 4) is 0 Å². The van der Waals surface area contributed by atoms with E-state index in [9.17, 15) is 22.8 Å². The number of benzene rings is 1. The van der Waals surface area contributed by atoms with Gasteiger partial charge in [0.1, 0.15) is 6.10 Å². The van der Waals surface area contributed by atoms with Crippen LogP contribution in [0.4, 0.5) is 13.2 Å². The van der Waals surface area contributed by atoms with Crippen LogP contribution in [-0.2, 0) is 20.5 Å². The van der Waals surface area contributed by atoms with E-state index in [4.69, 9.17) is 9.84 Å². The van der Waals surface area contributed by atoms with Gasteiger partial charge in [-0.05, 0) is 24.5 Å². The van der Waals surface area contributed by atoms with Crippen LogP contribution in [0.1, 0.15) is 42.9 Å². The molecule has 1 heterocycles. The van der Waals surface area contributed by atoms with Crippen LogP contribution in [0.25, 0.3) is 0 Å². The maximum atomic E-state index is 13.1. The second-order valence-corrected chi connectivity index (χ2v) is 5.89. The molecule has 0 bridgehead atoms. The third-order valence-electron chi connectivity index (χ3n) is 4.06. The summed E-state index contributed by atoms with van der Waals surface area (Å²) in [5.74, 6) is -1.11. The third kappa shape index (κ3) is 5.45. The summed E-state index contributed by atoms with van der Waals surface area (Å²) in [6, 6.07) is 5.21. The van der Waals surface area contributed by atoms with Gasteiger partial charge in [-0.15, -0.1) is 0 Å². The number of unbranched alkanes of at least 4 members (excludes halogenated alkanes) is 1. The number of amides is 1. The van der Waals surface area contributed by atoms with Gasteiger partial charge in [0.15, 0.2) is 0 Å². The van der Waals surface area contributed by atoms with Crippen molar-refractivity contribution in [2.24, 2.45) is 0 Å². The molecule has 0 radical (unpaired) electrons. The first kappa shape index (κ1) is 19.2. The molecule has 1 N–H and O–H groups in total. The molecule has 0 saturated carbocycles. The van der Waals surface area contributed by atoms with Crippen LogP contribution in [0.5, 0.6) is 0 Å². The molecular weight excluding hydrogens is 339 g/mol. The Hall–Kier alpha value is -2.09. The number of halogens is 3. The van der Waals surface area contributed by atoms with E-state index in [0.29, 0.717) is 19.4 Å². The lowest BCUT2D eigenvalue weighted by molar-refractivity contribution is -0.144.